The Bertz CT molecular complexity index is 318. The van der Waals surface area contributed by atoms with Gasteiger partial charge in [-0.25, -0.2) is 0 Å². The first-order chi connectivity index (χ1) is 7.25. The van der Waals surface area contributed by atoms with E-state index in [2.05, 4.69) is 24.4 Å². The van der Waals surface area contributed by atoms with E-state index in [1.165, 1.54) is 31.5 Å². The van der Waals surface area contributed by atoms with E-state index >= 15 is 0 Å². The molecule has 0 amide bonds. The van der Waals surface area contributed by atoms with Crippen molar-refractivity contribution in [2.24, 2.45) is 5.92 Å². The van der Waals surface area contributed by atoms with Crippen LogP contribution in [-0.2, 0) is 0 Å². The molecule has 15 heavy (non-hydrogen) atoms. The average Bonchev–Trinajstić information content (AvgIpc) is 2.70. The quantitative estimate of drug-likeness (QED) is 0.828. The van der Waals surface area contributed by atoms with Gasteiger partial charge in [-0.15, -0.1) is 0 Å². The van der Waals surface area contributed by atoms with Crippen LogP contribution in [0.15, 0.2) is 24.3 Å². The molecule has 2 heteroatoms. The number of rotatable bonds is 3. The summed E-state index contributed by atoms with van der Waals surface area (Å²) in [5.74, 6) is 1.47. The van der Waals surface area contributed by atoms with Gasteiger partial charge in [-0.3, -0.25) is 0 Å². The van der Waals surface area contributed by atoms with Crippen molar-refractivity contribution in [2.45, 2.75) is 25.7 Å². The summed E-state index contributed by atoms with van der Waals surface area (Å²) in [6.45, 7) is 4.67. The van der Waals surface area contributed by atoms with Crippen LogP contribution in [0.1, 0.15) is 31.2 Å². The molecule has 2 unspecified atom stereocenters. The highest BCUT2D eigenvalue weighted by atomic mass is 35.5. The Morgan fingerprint density at radius 1 is 1.53 bits per heavy atom. The topological polar surface area (TPSA) is 12.0 Å². The van der Waals surface area contributed by atoms with Crippen molar-refractivity contribution in [3.05, 3.63) is 34.9 Å². The number of benzene rings is 1. The van der Waals surface area contributed by atoms with Crippen LogP contribution in [0.25, 0.3) is 0 Å². The summed E-state index contributed by atoms with van der Waals surface area (Å²) >= 11 is 5.99. The Labute approximate surface area is 96.8 Å². The number of hydrogen-bond donors (Lipinski definition) is 1. The van der Waals surface area contributed by atoms with Gasteiger partial charge in [0.25, 0.3) is 0 Å². The van der Waals surface area contributed by atoms with Gasteiger partial charge in [-0.05, 0) is 55.5 Å². The molecule has 1 heterocycles. The zero-order valence-electron chi connectivity index (χ0n) is 9.17. The molecule has 2 atom stereocenters. The molecule has 0 aliphatic carbocycles. The minimum Gasteiger partial charge on any atom is -0.316 e. The van der Waals surface area contributed by atoms with Crippen LogP contribution in [0.5, 0.6) is 0 Å². The third kappa shape index (κ3) is 2.96. The normalized spacial score (nSPS) is 22.9. The highest BCUT2D eigenvalue weighted by Gasteiger charge is 2.18. The molecule has 1 nitrogen and oxygen atoms in total. The van der Waals surface area contributed by atoms with Crippen LogP contribution in [0.3, 0.4) is 0 Å². The predicted octanol–water partition coefficient (Wildman–Crippen LogP) is 3.44. The lowest BCUT2D eigenvalue weighted by atomic mass is 9.90. The molecular weight excluding hydrogens is 206 g/mol. The summed E-state index contributed by atoms with van der Waals surface area (Å²) in [5, 5.41) is 4.27. The summed E-state index contributed by atoms with van der Waals surface area (Å²) in [5.41, 5.74) is 1.37. The van der Waals surface area contributed by atoms with Gasteiger partial charge in [0.2, 0.25) is 0 Å². The van der Waals surface area contributed by atoms with Crippen LogP contribution in [-0.4, -0.2) is 13.1 Å². The summed E-state index contributed by atoms with van der Waals surface area (Å²) < 4.78 is 0. The Balaban J connectivity index is 1.97. The molecule has 0 aromatic heterocycles. The van der Waals surface area contributed by atoms with Crippen molar-refractivity contribution in [2.75, 3.05) is 13.1 Å². The predicted molar refractivity (Wildman–Crippen MR) is 65.5 cm³/mol. The van der Waals surface area contributed by atoms with Crippen molar-refractivity contribution in [3.63, 3.8) is 0 Å². The monoisotopic (exact) mass is 223 g/mol. The second-order valence-corrected chi connectivity index (χ2v) is 4.99. The van der Waals surface area contributed by atoms with Gasteiger partial charge < -0.3 is 5.32 Å². The first kappa shape index (κ1) is 11.0. The molecule has 0 saturated carbocycles. The largest absolute Gasteiger partial charge is 0.316 e. The molecule has 2 rings (SSSR count). The average molecular weight is 224 g/mol. The van der Waals surface area contributed by atoms with E-state index in [4.69, 9.17) is 11.6 Å². The molecule has 1 aromatic rings. The smallest absolute Gasteiger partial charge is 0.0408 e. The highest BCUT2D eigenvalue weighted by molar-refractivity contribution is 6.30. The molecule has 1 N–H and O–H groups in total. The van der Waals surface area contributed by atoms with Gasteiger partial charge in [-0.1, -0.05) is 30.7 Å². The van der Waals surface area contributed by atoms with Crippen LogP contribution in [0, 0.1) is 5.92 Å². The molecule has 1 aliphatic heterocycles. The van der Waals surface area contributed by atoms with E-state index in [1.807, 2.05) is 12.1 Å². The van der Waals surface area contributed by atoms with Crippen molar-refractivity contribution >= 4 is 11.6 Å². The van der Waals surface area contributed by atoms with Crippen LogP contribution in [0.4, 0.5) is 0 Å². The van der Waals surface area contributed by atoms with Crippen molar-refractivity contribution < 1.29 is 0 Å². The third-order valence-corrected chi connectivity index (χ3v) is 3.50. The first-order valence-corrected chi connectivity index (χ1v) is 6.09. The van der Waals surface area contributed by atoms with Gasteiger partial charge in [-0.2, -0.15) is 0 Å². The SMILES string of the molecule is CC(CC1CCNC1)c1cccc(Cl)c1. The van der Waals surface area contributed by atoms with Crippen LogP contribution in [0.2, 0.25) is 5.02 Å². The highest BCUT2D eigenvalue weighted by Crippen LogP contribution is 2.27. The summed E-state index contributed by atoms with van der Waals surface area (Å²) in [4.78, 5) is 0. The van der Waals surface area contributed by atoms with E-state index in [0.717, 1.165) is 10.9 Å². The number of halogens is 1. The fraction of sp³-hybridized carbons (Fsp3) is 0.538. The maximum Gasteiger partial charge on any atom is 0.0408 e. The van der Waals surface area contributed by atoms with E-state index in [9.17, 15) is 0 Å². The number of nitrogens with one attached hydrogen (secondary N) is 1. The Hall–Kier alpha value is -0.530. The second-order valence-electron chi connectivity index (χ2n) is 4.55. The lowest BCUT2D eigenvalue weighted by Gasteiger charge is -2.16. The Morgan fingerprint density at radius 2 is 2.40 bits per heavy atom. The zero-order valence-corrected chi connectivity index (χ0v) is 9.93. The van der Waals surface area contributed by atoms with E-state index < -0.39 is 0 Å². The van der Waals surface area contributed by atoms with Gasteiger partial charge in [0.15, 0.2) is 0 Å². The van der Waals surface area contributed by atoms with Gasteiger partial charge in [0.05, 0.1) is 0 Å². The molecule has 0 spiro atoms. The Kier molecular flexibility index (Phi) is 3.66. The molecule has 1 aliphatic rings. The molecule has 82 valence electrons. The maximum absolute atomic E-state index is 5.99. The lowest BCUT2D eigenvalue weighted by Crippen LogP contribution is -2.11. The molecule has 1 fully saturated rings. The third-order valence-electron chi connectivity index (χ3n) is 3.27. The number of hydrogen-bond acceptors (Lipinski definition) is 1. The minimum atomic E-state index is 0.619. The second kappa shape index (κ2) is 5.00. The van der Waals surface area contributed by atoms with Crippen LogP contribution >= 0.6 is 11.6 Å². The molecular formula is C13H18ClN. The van der Waals surface area contributed by atoms with Crippen LogP contribution < -0.4 is 5.32 Å². The van der Waals surface area contributed by atoms with Gasteiger partial charge in [0, 0.05) is 5.02 Å². The van der Waals surface area contributed by atoms with E-state index in [-0.39, 0.29) is 0 Å². The summed E-state index contributed by atoms with van der Waals surface area (Å²) in [7, 11) is 0. The Morgan fingerprint density at radius 3 is 3.07 bits per heavy atom. The maximum atomic E-state index is 5.99. The van der Waals surface area contributed by atoms with Crippen molar-refractivity contribution in [1.29, 1.82) is 0 Å². The molecule has 0 radical (unpaired) electrons. The summed E-state index contributed by atoms with van der Waals surface area (Å²) in [6.07, 6.45) is 2.60. The molecule has 1 saturated heterocycles. The standard InChI is InChI=1S/C13H18ClN/c1-10(7-11-5-6-15-9-11)12-3-2-4-13(14)8-12/h2-4,8,10-11,15H,5-7,9H2,1H3. The van der Waals surface area contributed by atoms with E-state index in [0.29, 0.717) is 5.92 Å². The minimum absolute atomic E-state index is 0.619. The summed E-state index contributed by atoms with van der Waals surface area (Å²) in [6, 6.07) is 8.25. The fourth-order valence-electron chi connectivity index (χ4n) is 2.36. The van der Waals surface area contributed by atoms with Crippen molar-refractivity contribution in [3.8, 4) is 0 Å². The van der Waals surface area contributed by atoms with Crippen molar-refractivity contribution in [1.82, 2.24) is 5.32 Å². The van der Waals surface area contributed by atoms with E-state index in [1.54, 1.807) is 0 Å². The fourth-order valence-corrected chi connectivity index (χ4v) is 2.56. The van der Waals surface area contributed by atoms with Gasteiger partial charge in [0.1, 0.15) is 0 Å². The molecule has 1 aromatic carbocycles. The lowest BCUT2D eigenvalue weighted by molar-refractivity contribution is 0.484. The van der Waals surface area contributed by atoms with Gasteiger partial charge >= 0.3 is 0 Å². The first-order valence-electron chi connectivity index (χ1n) is 5.72. The zero-order chi connectivity index (χ0) is 10.7. The molecule has 0 bridgehead atoms.